The summed E-state index contributed by atoms with van der Waals surface area (Å²) in [6.45, 7) is 21.2. The predicted molar refractivity (Wildman–Crippen MR) is 133 cm³/mol. The Labute approximate surface area is 190 Å². The topological polar surface area (TPSA) is 55.8 Å². The molecule has 0 fully saturated rings. The van der Waals surface area contributed by atoms with Gasteiger partial charge in [0.1, 0.15) is 6.79 Å². The first-order chi connectivity index (χ1) is 14.5. The summed E-state index contributed by atoms with van der Waals surface area (Å²) in [7, 11) is 2.18. The quantitative estimate of drug-likeness (QED) is 0.197. The van der Waals surface area contributed by atoms with Gasteiger partial charge in [0.2, 0.25) is 0 Å². The van der Waals surface area contributed by atoms with Crippen molar-refractivity contribution >= 4 is 12.8 Å². The van der Waals surface area contributed by atoms with Crippen LogP contribution in [-0.2, 0) is 19.1 Å². The van der Waals surface area contributed by atoms with Gasteiger partial charge in [-0.2, -0.15) is 0 Å². The van der Waals surface area contributed by atoms with Crippen LogP contribution in [0.25, 0.3) is 0 Å². The second-order valence-corrected chi connectivity index (χ2v) is 7.33. The third kappa shape index (κ3) is 37.8. The molecular weight excluding hydrogens is 378 g/mol. The maximum Gasteiger partial charge on any atom is 0.306 e. The van der Waals surface area contributed by atoms with Crippen molar-refractivity contribution in [2.24, 2.45) is 5.92 Å². The molecule has 0 amide bonds. The molecule has 0 aliphatic heterocycles. The van der Waals surface area contributed by atoms with Gasteiger partial charge in [0.15, 0.2) is 0 Å². The molecule has 186 valence electrons. The van der Waals surface area contributed by atoms with Gasteiger partial charge in [-0.3, -0.25) is 4.79 Å². The fourth-order valence-corrected chi connectivity index (χ4v) is 2.24. The average molecular weight is 436 g/mol. The lowest BCUT2D eigenvalue weighted by atomic mass is 10.1. The molecule has 0 aromatic carbocycles. The Morgan fingerprint density at radius 3 is 1.93 bits per heavy atom. The lowest BCUT2D eigenvalue weighted by molar-refractivity contribution is -0.144. The summed E-state index contributed by atoms with van der Waals surface area (Å²) in [4.78, 5) is 21.9. The highest BCUT2D eigenvalue weighted by molar-refractivity contribution is 5.69. The van der Waals surface area contributed by atoms with Crippen LogP contribution >= 0.6 is 0 Å². The summed E-state index contributed by atoms with van der Waals surface area (Å²) in [6.07, 6.45) is 9.52. The number of esters is 1. The molecule has 0 aromatic heterocycles. The lowest BCUT2D eigenvalue weighted by Gasteiger charge is -2.15. The lowest BCUT2D eigenvalue weighted by Crippen LogP contribution is -2.21. The largest absolute Gasteiger partial charge is 0.466 e. The van der Waals surface area contributed by atoms with E-state index in [1.165, 1.54) is 25.8 Å². The molecule has 0 aliphatic rings. The first-order valence-corrected chi connectivity index (χ1v) is 12.2. The second kappa shape index (κ2) is 35.5. The minimum Gasteiger partial charge on any atom is -0.466 e. The minimum absolute atomic E-state index is 0. The van der Waals surface area contributed by atoms with E-state index < -0.39 is 0 Å². The summed E-state index contributed by atoms with van der Waals surface area (Å²) < 4.78 is 10.9. The van der Waals surface area contributed by atoms with Crippen molar-refractivity contribution in [3.8, 4) is 0 Å². The Balaban J connectivity index is -0.000000251. The normalized spacial score (nSPS) is 10.6. The van der Waals surface area contributed by atoms with Crippen LogP contribution < -0.4 is 0 Å². The highest BCUT2D eigenvalue weighted by Crippen LogP contribution is 2.07. The molecule has 0 radical (unpaired) electrons. The number of ether oxygens (including phenoxy) is 2. The number of unbranched alkanes of at least 4 members (excludes halogenated alkanes) is 3. The summed E-state index contributed by atoms with van der Waals surface area (Å²) in [6, 6.07) is 0. The van der Waals surface area contributed by atoms with E-state index in [1.54, 1.807) is 0 Å². The van der Waals surface area contributed by atoms with Crippen molar-refractivity contribution in [3.63, 3.8) is 0 Å². The van der Waals surface area contributed by atoms with Gasteiger partial charge in [-0.25, -0.2) is 0 Å². The van der Waals surface area contributed by atoms with E-state index in [0.717, 1.165) is 51.9 Å². The Hall–Kier alpha value is -0.940. The van der Waals surface area contributed by atoms with E-state index in [-0.39, 0.29) is 7.40 Å². The van der Waals surface area contributed by atoms with Crippen LogP contribution in [-0.4, -0.2) is 57.6 Å². The third-order valence-electron chi connectivity index (χ3n) is 4.13. The molecule has 0 heterocycles. The Morgan fingerprint density at radius 1 is 0.900 bits per heavy atom. The predicted octanol–water partition coefficient (Wildman–Crippen LogP) is 6.78. The van der Waals surface area contributed by atoms with Crippen LogP contribution in [0.4, 0.5) is 0 Å². The van der Waals surface area contributed by atoms with Crippen molar-refractivity contribution < 1.29 is 20.5 Å². The fraction of sp³-hybridized carbons (Fsp3) is 0.920. The molecule has 0 saturated carbocycles. The highest BCUT2D eigenvalue weighted by Gasteiger charge is 2.07. The summed E-state index contributed by atoms with van der Waals surface area (Å²) in [5, 5.41) is 0. The molecule has 0 saturated heterocycles. The molecule has 1 atom stereocenters. The summed E-state index contributed by atoms with van der Waals surface area (Å²) in [5.74, 6) is 0.375. The molecule has 0 bridgehead atoms. The molecule has 0 aromatic rings. The maximum absolute atomic E-state index is 11.5. The van der Waals surface area contributed by atoms with Crippen molar-refractivity contribution in [2.45, 2.75) is 106 Å². The van der Waals surface area contributed by atoms with Gasteiger partial charge in [0.05, 0.1) is 6.61 Å². The number of hydrogen-bond donors (Lipinski definition) is 0. The average Bonchev–Trinajstić information content (AvgIpc) is 2.76. The van der Waals surface area contributed by atoms with Crippen molar-refractivity contribution in [1.29, 1.82) is 0 Å². The van der Waals surface area contributed by atoms with Crippen molar-refractivity contribution in [2.75, 3.05) is 40.0 Å². The van der Waals surface area contributed by atoms with Gasteiger partial charge >= 0.3 is 5.97 Å². The van der Waals surface area contributed by atoms with Crippen LogP contribution in [0.2, 0.25) is 0 Å². The molecule has 0 aliphatic carbocycles. The number of carbonyl (C=O) groups excluding carboxylic acids is 2. The van der Waals surface area contributed by atoms with Gasteiger partial charge in [0.25, 0.3) is 0 Å². The first kappa shape index (κ1) is 36.4. The van der Waals surface area contributed by atoms with Crippen LogP contribution in [0.3, 0.4) is 0 Å². The SMILES string of the molecule is C=O.CC.CCC.CCCCN(C)CCCOCCCCCOC(=O)CC(C)CC.[HH]. The standard InChI is InChI=1S/C19H39NO3.C3H8.C2H6.CH2O.H2/c1-5-7-12-20(4)13-11-15-22-14-9-8-10-16-23-19(21)17-18(3)6-2;1-3-2;2*1-2;/h18H,5-17H2,1-4H3;3H2,1-2H3;1-2H3;1H2;1H. The number of carbonyl (C=O) groups is 2. The van der Waals surface area contributed by atoms with E-state index >= 15 is 0 Å². The number of nitrogens with zero attached hydrogens (tertiary/aromatic N) is 1. The highest BCUT2D eigenvalue weighted by atomic mass is 16.5. The zero-order valence-corrected chi connectivity index (χ0v) is 21.8. The Morgan fingerprint density at radius 2 is 1.40 bits per heavy atom. The molecule has 0 spiro atoms. The first-order valence-electron chi connectivity index (χ1n) is 12.2. The molecule has 5 heteroatoms. The van der Waals surface area contributed by atoms with Crippen molar-refractivity contribution in [3.05, 3.63) is 0 Å². The monoisotopic (exact) mass is 435 g/mol. The zero-order valence-electron chi connectivity index (χ0n) is 21.8. The van der Waals surface area contributed by atoms with Gasteiger partial charge < -0.3 is 19.2 Å². The fourth-order valence-electron chi connectivity index (χ4n) is 2.24. The van der Waals surface area contributed by atoms with Gasteiger partial charge in [-0.15, -0.1) is 0 Å². The van der Waals surface area contributed by atoms with Crippen LogP contribution in [0.5, 0.6) is 0 Å². The van der Waals surface area contributed by atoms with Gasteiger partial charge in [0, 0.05) is 27.6 Å². The van der Waals surface area contributed by atoms with Gasteiger partial charge in [-0.05, 0) is 51.6 Å². The number of rotatable bonds is 16. The molecule has 0 N–H and O–H groups in total. The van der Waals surface area contributed by atoms with Crippen LogP contribution in [0.1, 0.15) is 108 Å². The molecule has 5 nitrogen and oxygen atoms in total. The number of hydrogen-bond acceptors (Lipinski definition) is 5. The second-order valence-electron chi connectivity index (χ2n) is 7.33. The molecular formula is C25H57NO4. The van der Waals surface area contributed by atoms with Gasteiger partial charge in [-0.1, -0.05) is 67.7 Å². The smallest absolute Gasteiger partial charge is 0.306 e. The third-order valence-corrected chi connectivity index (χ3v) is 4.13. The Bertz CT molecular complexity index is 307. The van der Waals surface area contributed by atoms with Crippen molar-refractivity contribution in [1.82, 2.24) is 4.90 Å². The van der Waals surface area contributed by atoms with E-state index in [4.69, 9.17) is 14.3 Å². The molecule has 1 unspecified atom stereocenters. The van der Waals surface area contributed by atoms with E-state index in [2.05, 4.69) is 46.6 Å². The van der Waals surface area contributed by atoms with E-state index in [9.17, 15) is 4.79 Å². The zero-order chi connectivity index (χ0) is 24.0. The Kier molecular flexibility index (Phi) is 43.1. The van der Waals surface area contributed by atoms with Crippen LogP contribution in [0, 0.1) is 5.92 Å². The van der Waals surface area contributed by atoms with Crippen LogP contribution in [0.15, 0.2) is 0 Å². The minimum atomic E-state index is -0.0530. The maximum atomic E-state index is 11.5. The van der Waals surface area contributed by atoms with E-state index in [0.29, 0.717) is 18.9 Å². The molecule has 30 heavy (non-hydrogen) atoms. The van der Waals surface area contributed by atoms with E-state index in [1.807, 2.05) is 20.6 Å². The molecule has 0 rings (SSSR count). The summed E-state index contributed by atoms with van der Waals surface area (Å²) in [5.41, 5.74) is 0. The summed E-state index contributed by atoms with van der Waals surface area (Å²) >= 11 is 0.